The molecular weight excluding hydrogens is 228 g/mol. The van der Waals surface area contributed by atoms with Gasteiger partial charge < -0.3 is 9.84 Å². The fraction of sp³-hybridized carbons (Fsp3) is 0.462. The Morgan fingerprint density at radius 2 is 2.28 bits per heavy atom. The SMILES string of the molecule is Cc1ccnc(-c2noc(C3CNCC3C)n2)c1. The van der Waals surface area contributed by atoms with Gasteiger partial charge in [-0.2, -0.15) is 4.98 Å². The Morgan fingerprint density at radius 3 is 3.00 bits per heavy atom. The summed E-state index contributed by atoms with van der Waals surface area (Å²) >= 11 is 0. The maximum atomic E-state index is 5.37. The summed E-state index contributed by atoms with van der Waals surface area (Å²) in [6.45, 7) is 6.13. The zero-order valence-corrected chi connectivity index (χ0v) is 10.6. The number of hydrogen-bond donors (Lipinski definition) is 1. The molecule has 2 unspecified atom stereocenters. The minimum absolute atomic E-state index is 0.316. The first-order valence-electron chi connectivity index (χ1n) is 6.21. The molecule has 18 heavy (non-hydrogen) atoms. The van der Waals surface area contributed by atoms with Crippen LogP contribution in [0.5, 0.6) is 0 Å². The average Bonchev–Trinajstić information content (AvgIpc) is 2.97. The average molecular weight is 244 g/mol. The van der Waals surface area contributed by atoms with Crippen molar-refractivity contribution in [1.29, 1.82) is 0 Å². The van der Waals surface area contributed by atoms with Gasteiger partial charge in [0.1, 0.15) is 5.69 Å². The third-order valence-corrected chi connectivity index (χ3v) is 3.42. The Balaban J connectivity index is 1.89. The molecule has 0 radical (unpaired) electrons. The van der Waals surface area contributed by atoms with E-state index in [0.29, 0.717) is 23.6 Å². The highest BCUT2D eigenvalue weighted by molar-refractivity contribution is 5.49. The summed E-state index contributed by atoms with van der Waals surface area (Å²) in [6, 6.07) is 3.92. The van der Waals surface area contributed by atoms with Crippen LogP contribution in [0.2, 0.25) is 0 Å². The molecule has 2 atom stereocenters. The molecule has 0 aliphatic carbocycles. The topological polar surface area (TPSA) is 63.8 Å². The van der Waals surface area contributed by atoms with Crippen LogP contribution in [0.3, 0.4) is 0 Å². The van der Waals surface area contributed by atoms with E-state index in [-0.39, 0.29) is 0 Å². The van der Waals surface area contributed by atoms with Crippen molar-refractivity contribution in [3.8, 4) is 11.5 Å². The van der Waals surface area contributed by atoms with Gasteiger partial charge in [0.2, 0.25) is 11.7 Å². The van der Waals surface area contributed by atoms with Crippen LogP contribution < -0.4 is 5.32 Å². The van der Waals surface area contributed by atoms with Crippen molar-refractivity contribution < 1.29 is 4.52 Å². The van der Waals surface area contributed by atoms with Crippen molar-refractivity contribution in [3.63, 3.8) is 0 Å². The number of aryl methyl sites for hydroxylation is 1. The van der Waals surface area contributed by atoms with Crippen molar-refractivity contribution in [2.24, 2.45) is 5.92 Å². The van der Waals surface area contributed by atoms with Gasteiger partial charge in [-0.25, -0.2) is 0 Å². The molecular formula is C13H16N4O. The van der Waals surface area contributed by atoms with Crippen LogP contribution >= 0.6 is 0 Å². The number of nitrogens with one attached hydrogen (secondary N) is 1. The van der Waals surface area contributed by atoms with Crippen LogP contribution in [0.15, 0.2) is 22.9 Å². The largest absolute Gasteiger partial charge is 0.339 e. The molecule has 5 heteroatoms. The van der Waals surface area contributed by atoms with Crippen LogP contribution in [0.4, 0.5) is 0 Å². The number of hydrogen-bond acceptors (Lipinski definition) is 5. The molecule has 0 bridgehead atoms. The number of rotatable bonds is 2. The molecule has 1 saturated heterocycles. The minimum atomic E-state index is 0.316. The second-order valence-corrected chi connectivity index (χ2v) is 4.92. The molecule has 3 rings (SSSR count). The third-order valence-electron chi connectivity index (χ3n) is 3.42. The first kappa shape index (κ1) is 11.3. The molecule has 0 spiro atoms. The van der Waals surface area contributed by atoms with Crippen molar-refractivity contribution >= 4 is 0 Å². The van der Waals surface area contributed by atoms with Gasteiger partial charge in [0.25, 0.3) is 0 Å². The highest BCUT2D eigenvalue weighted by Crippen LogP contribution is 2.27. The fourth-order valence-corrected chi connectivity index (χ4v) is 2.29. The summed E-state index contributed by atoms with van der Waals surface area (Å²) < 4.78 is 5.37. The van der Waals surface area contributed by atoms with Crippen LogP contribution in [0, 0.1) is 12.8 Å². The van der Waals surface area contributed by atoms with E-state index in [1.165, 1.54) is 0 Å². The predicted octanol–water partition coefficient (Wildman–Crippen LogP) is 1.76. The molecule has 5 nitrogen and oxygen atoms in total. The highest BCUT2D eigenvalue weighted by atomic mass is 16.5. The zero-order chi connectivity index (χ0) is 12.5. The molecule has 1 fully saturated rings. The van der Waals surface area contributed by atoms with Crippen LogP contribution in [0.25, 0.3) is 11.5 Å². The van der Waals surface area contributed by atoms with Gasteiger partial charge in [-0.1, -0.05) is 12.1 Å². The van der Waals surface area contributed by atoms with Gasteiger partial charge in [-0.15, -0.1) is 0 Å². The van der Waals surface area contributed by atoms with E-state index in [2.05, 4.69) is 27.4 Å². The molecule has 2 aromatic rings. The fourth-order valence-electron chi connectivity index (χ4n) is 2.29. The van der Waals surface area contributed by atoms with Gasteiger partial charge in [0.05, 0.1) is 5.92 Å². The Morgan fingerprint density at radius 1 is 1.39 bits per heavy atom. The Hall–Kier alpha value is -1.75. The van der Waals surface area contributed by atoms with Crippen LogP contribution in [0.1, 0.15) is 24.3 Å². The number of pyridine rings is 1. The smallest absolute Gasteiger partial charge is 0.231 e. The summed E-state index contributed by atoms with van der Waals surface area (Å²) in [5.74, 6) is 2.14. The second-order valence-electron chi connectivity index (χ2n) is 4.92. The Bertz CT molecular complexity index is 551. The summed E-state index contributed by atoms with van der Waals surface area (Å²) in [7, 11) is 0. The Kier molecular flexibility index (Phi) is 2.83. The van der Waals surface area contributed by atoms with Gasteiger partial charge in [0.15, 0.2) is 0 Å². The predicted molar refractivity (Wildman–Crippen MR) is 67.0 cm³/mol. The summed E-state index contributed by atoms with van der Waals surface area (Å²) in [5.41, 5.74) is 1.91. The van der Waals surface area contributed by atoms with Gasteiger partial charge in [0, 0.05) is 12.7 Å². The van der Waals surface area contributed by atoms with Gasteiger partial charge >= 0.3 is 0 Å². The minimum Gasteiger partial charge on any atom is -0.339 e. The van der Waals surface area contributed by atoms with Gasteiger partial charge in [-0.05, 0) is 37.1 Å². The third kappa shape index (κ3) is 2.01. The lowest BCUT2D eigenvalue weighted by Gasteiger charge is -2.07. The molecule has 1 aliphatic rings. The number of aromatic nitrogens is 3. The van der Waals surface area contributed by atoms with E-state index >= 15 is 0 Å². The van der Waals surface area contributed by atoms with Crippen molar-refractivity contribution in [2.75, 3.05) is 13.1 Å². The molecule has 0 amide bonds. The maximum Gasteiger partial charge on any atom is 0.231 e. The molecule has 94 valence electrons. The van der Waals surface area contributed by atoms with E-state index in [9.17, 15) is 0 Å². The lowest BCUT2D eigenvalue weighted by atomic mass is 9.98. The molecule has 0 aromatic carbocycles. The monoisotopic (exact) mass is 244 g/mol. The molecule has 3 heterocycles. The molecule has 1 N–H and O–H groups in total. The van der Waals surface area contributed by atoms with E-state index in [4.69, 9.17) is 4.52 Å². The quantitative estimate of drug-likeness (QED) is 0.872. The lowest BCUT2D eigenvalue weighted by molar-refractivity contribution is 0.340. The summed E-state index contributed by atoms with van der Waals surface area (Å²) in [5, 5.41) is 7.37. The van der Waals surface area contributed by atoms with Crippen molar-refractivity contribution in [1.82, 2.24) is 20.4 Å². The Labute approximate surface area is 106 Å². The molecule has 0 saturated carbocycles. The molecule has 1 aliphatic heterocycles. The highest BCUT2D eigenvalue weighted by Gasteiger charge is 2.29. The zero-order valence-electron chi connectivity index (χ0n) is 10.6. The van der Waals surface area contributed by atoms with Crippen molar-refractivity contribution in [3.05, 3.63) is 29.8 Å². The van der Waals surface area contributed by atoms with Crippen molar-refractivity contribution in [2.45, 2.75) is 19.8 Å². The molecule has 2 aromatic heterocycles. The van der Waals surface area contributed by atoms with E-state index < -0.39 is 0 Å². The van der Waals surface area contributed by atoms with Gasteiger partial charge in [-0.3, -0.25) is 4.98 Å². The van der Waals surface area contributed by atoms with E-state index in [1.807, 2.05) is 19.1 Å². The van der Waals surface area contributed by atoms with Crippen LogP contribution in [-0.4, -0.2) is 28.2 Å². The van der Waals surface area contributed by atoms with E-state index in [0.717, 1.165) is 24.3 Å². The standard InChI is InChI=1S/C13H16N4O/c1-8-3-4-15-11(5-8)12-16-13(18-17-12)10-7-14-6-9(10)2/h3-5,9-10,14H,6-7H2,1-2H3. The second kappa shape index (κ2) is 4.49. The first-order valence-corrected chi connectivity index (χ1v) is 6.21. The summed E-state index contributed by atoms with van der Waals surface area (Å²) in [4.78, 5) is 8.74. The summed E-state index contributed by atoms with van der Waals surface area (Å²) in [6.07, 6.45) is 1.76. The lowest BCUT2D eigenvalue weighted by Crippen LogP contribution is -2.08. The maximum absolute atomic E-state index is 5.37. The van der Waals surface area contributed by atoms with Crippen LogP contribution in [-0.2, 0) is 0 Å². The first-order chi connectivity index (χ1) is 8.74. The normalized spacial score (nSPS) is 23.4. The number of nitrogens with zero attached hydrogens (tertiary/aromatic N) is 3. The van der Waals surface area contributed by atoms with E-state index in [1.54, 1.807) is 6.20 Å².